The lowest BCUT2D eigenvalue weighted by atomic mass is 9.87. The van der Waals surface area contributed by atoms with Crippen LogP contribution in [0.2, 0.25) is 0 Å². The topological polar surface area (TPSA) is 35.5 Å². The van der Waals surface area contributed by atoms with Gasteiger partial charge in [-0.2, -0.15) is 0 Å². The minimum atomic E-state index is -0.637. The monoisotopic (exact) mass is 318 g/mol. The Hall–Kier alpha value is -0.230. The Bertz CT molecular complexity index is 396. The highest BCUT2D eigenvalue weighted by molar-refractivity contribution is 9.10. The Morgan fingerprint density at radius 3 is 2.82 bits per heavy atom. The molecule has 2 heterocycles. The standard InChI is InChI=1S/C12H15BrO3S/c1-15-12(3-5-16-6-4-12)11(14)8-10-9(13)2-7-17-10/h2,7H,3-6,8H2,1H3. The second kappa shape index (κ2) is 5.61. The molecule has 1 aliphatic heterocycles. The fourth-order valence-corrected chi connectivity index (χ4v) is 3.55. The summed E-state index contributed by atoms with van der Waals surface area (Å²) in [5.41, 5.74) is -0.637. The van der Waals surface area contributed by atoms with Gasteiger partial charge >= 0.3 is 0 Å². The predicted octanol–water partition coefficient (Wildman–Crippen LogP) is 2.82. The SMILES string of the molecule is COC1(C(=O)Cc2sccc2Br)CCOCC1. The average Bonchev–Trinajstić information content (AvgIpc) is 2.76. The summed E-state index contributed by atoms with van der Waals surface area (Å²) in [6.45, 7) is 1.20. The van der Waals surface area contributed by atoms with Gasteiger partial charge in [-0.1, -0.05) is 0 Å². The summed E-state index contributed by atoms with van der Waals surface area (Å²) in [4.78, 5) is 13.4. The lowest BCUT2D eigenvalue weighted by Crippen LogP contribution is -2.46. The number of hydrogen-bond acceptors (Lipinski definition) is 4. The van der Waals surface area contributed by atoms with E-state index >= 15 is 0 Å². The van der Waals surface area contributed by atoms with Gasteiger partial charge in [-0.05, 0) is 27.4 Å². The van der Waals surface area contributed by atoms with E-state index in [1.165, 1.54) is 0 Å². The normalized spacial score (nSPS) is 19.2. The van der Waals surface area contributed by atoms with E-state index in [4.69, 9.17) is 9.47 Å². The number of methoxy groups -OCH3 is 1. The van der Waals surface area contributed by atoms with Gasteiger partial charge in [0, 0.05) is 48.9 Å². The molecule has 2 rings (SSSR count). The summed E-state index contributed by atoms with van der Waals surface area (Å²) >= 11 is 5.05. The van der Waals surface area contributed by atoms with Crippen LogP contribution in [0.15, 0.2) is 15.9 Å². The first kappa shape index (κ1) is 13.2. The predicted molar refractivity (Wildman–Crippen MR) is 70.5 cm³/mol. The molecular formula is C12H15BrO3S. The van der Waals surface area contributed by atoms with Crippen LogP contribution < -0.4 is 0 Å². The molecule has 0 unspecified atom stereocenters. The van der Waals surface area contributed by atoms with Gasteiger partial charge in [0.15, 0.2) is 5.78 Å². The van der Waals surface area contributed by atoms with Crippen molar-refractivity contribution >= 4 is 33.0 Å². The summed E-state index contributed by atoms with van der Waals surface area (Å²) in [5.74, 6) is 0.159. The highest BCUT2D eigenvalue weighted by atomic mass is 79.9. The molecule has 0 saturated carbocycles. The van der Waals surface area contributed by atoms with Crippen LogP contribution in [0.5, 0.6) is 0 Å². The number of ketones is 1. The van der Waals surface area contributed by atoms with Crippen molar-refractivity contribution in [1.82, 2.24) is 0 Å². The van der Waals surface area contributed by atoms with E-state index in [0.29, 0.717) is 32.5 Å². The molecule has 1 aliphatic rings. The molecule has 3 nitrogen and oxygen atoms in total. The van der Waals surface area contributed by atoms with Gasteiger partial charge in [0.1, 0.15) is 5.60 Å². The molecule has 1 aromatic rings. The van der Waals surface area contributed by atoms with Crippen molar-refractivity contribution in [1.29, 1.82) is 0 Å². The van der Waals surface area contributed by atoms with E-state index < -0.39 is 5.60 Å². The quantitative estimate of drug-likeness (QED) is 0.856. The van der Waals surface area contributed by atoms with Gasteiger partial charge in [-0.25, -0.2) is 0 Å². The zero-order valence-corrected chi connectivity index (χ0v) is 12.1. The first-order valence-electron chi connectivity index (χ1n) is 5.56. The van der Waals surface area contributed by atoms with E-state index in [1.54, 1.807) is 18.4 Å². The number of rotatable bonds is 4. The number of ether oxygens (including phenoxy) is 2. The number of carbonyl (C=O) groups is 1. The zero-order chi connectivity index (χ0) is 12.3. The van der Waals surface area contributed by atoms with Crippen LogP contribution in [0.1, 0.15) is 17.7 Å². The van der Waals surface area contributed by atoms with Crippen molar-refractivity contribution in [3.8, 4) is 0 Å². The summed E-state index contributed by atoms with van der Waals surface area (Å²) < 4.78 is 11.8. The molecule has 0 radical (unpaired) electrons. The number of hydrogen-bond donors (Lipinski definition) is 0. The smallest absolute Gasteiger partial charge is 0.170 e. The fraction of sp³-hybridized carbons (Fsp3) is 0.583. The first-order chi connectivity index (χ1) is 8.18. The van der Waals surface area contributed by atoms with Crippen molar-refractivity contribution in [3.63, 3.8) is 0 Å². The minimum absolute atomic E-state index is 0.159. The number of carbonyl (C=O) groups excluding carboxylic acids is 1. The van der Waals surface area contributed by atoms with Crippen LogP contribution in [0, 0.1) is 0 Å². The van der Waals surface area contributed by atoms with Crippen molar-refractivity contribution in [2.45, 2.75) is 24.9 Å². The first-order valence-corrected chi connectivity index (χ1v) is 7.23. The van der Waals surface area contributed by atoms with Crippen LogP contribution >= 0.6 is 27.3 Å². The molecule has 0 N–H and O–H groups in total. The molecule has 0 aliphatic carbocycles. The van der Waals surface area contributed by atoms with Crippen LogP contribution in [-0.2, 0) is 20.7 Å². The Morgan fingerprint density at radius 1 is 1.59 bits per heavy atom. The van der Waals surface area contributed by atoms with Crippen LogP contribution in [0.25, 0.3) is 0 Å². The van der Waals surface area contributed by atoms with E-state index in [2.05, 4.69) is 15.9 Å². The van der Waals surface area contributed by atoms with E-state index in [0.717, 1.165) is 9.35 Å². The average molecular weight is 319 g/mol. The Balaban J connectivity index is 2.10. The zero-order valence-electron chi connectivity index (χ0n) is 9.70. The molecule has 94 valence electrons. The minimum Gasteiger partial charge on any atom is -0.381 e. The van der Waals surface area contributed by atoms with Gasteiger partial charge in [-0.3, -0.25) is 4.79 Å². The van der Waals surface area contributed by atoms with Gasteiger partial charge < -0.3 is 9.47 Å². The third-order valence-electron chi connectivity index (χ3n) is 3.21. The molecule has 17 heavy (non-hydrogen) atoms. The summed E-state index contributed by atoms with van der Waals surface area (Å²) in [7, 11) is 1.62. The van der Waals surface area contributed by atoms with Crippen molar-refractivity contribution in [3.05, 3.63) is 20.8 Å². The van der Waals surface area contributed by atoms with Crippen LogP contribution in [0.3, 0.4) is 0 Å². The summed E-state index contributed by atoms with van der Waals surface area (Å²) in [6, 6.07) is 1.97. The number of halogens is 1. The second-order valence-electron chi connectivity index (χ2n) is 4.10. The van der Waals surface area contributed by atoms with Crippen molar-refractivity contribution in [2.24, 2.45) is 0 Å². The molecule has 0 bridgehead atoms. The molecule has 1 aromatic heterocycles. The maximum atomic E-state index is 12.4. The Labute approximate surface area is 113 Å². The van der Waals surface area contributed by atoms with Crippen molar-refractivity contribution < 1.29 is 14.3 Å². The maximum absolute atomic E-state index is 12.4. The van der Waals surface area contributed by atoms with E-state index in [1.807, 2.05) is 11.4 Å². The van der Waals surface area contributed by atoms with Gasteiger partial charge in [0.25, 0.3) is 0 Å². The molecule has 0 spiro atoms. The molecule has 0 atom stereocenters. The lowest BCUT2D eigenvalue weighted by Gasteiger charge is -2.34. The van der Waals surface area contributed by atoms with E-state index in [-0.39, 0.29) is 5.78 Å². The molecular weight excluding hydrogens is 304 g/mol. The highest BCUT2D eigenvalue weighted by Gasteiger charge is 2.39. The Morgan fingerprint density at radius 2 is 2.29 bits per heavy atom. The number of thiophene rings is 1. The van der Waals surface area contributed by atoms with E-state index in [9.17, 15) is 4.79 Å². The largest absolute Gasteiger partial charge is 0.381 e. The fourth-order valence-electron chi connectivity index (χ4n) is 2.06. The van der Waals surface area contributed by atoms with Crippen molar-refractivity contribution in [2.75, 3.05) is 20.3 Å². The molecule has 0 amide bonds. The molecule has 0 aromatic carbocycles. The highest BCUT2D eigenvalue weighted by Crippen LogP contribution is 2.30. The van der Waals surface area contributed by atoms with Gasteiger partial charge in [0.05, 0.1) is 0 Å². The Kier molecular flexibility index (Phi) is 4.36. The third kappa shape index (κ3) is 2.78. The van der Waals surface area contributed by atoms with Crippen LogP contribution in [-0.4, -0.2) is 31.7 Å². The summed E-state index contributed by atoms with van der Waals surface area (Å²) in [5, 5.41) is 1.98. The maximum Gasteiger partial charge on any atom is 0.170 e. The molecule has 1 saturated heterocycles. The summed E-state index contributed by atoms with van der Waals surface area (Å²) in [6.07, 6.45) is 1.75. The molecule has 1 fully saturated rings. The lowest BCUT2D eigenvalue weighted by molar-refractivity contribution is -0.151. The molecule has 5 heteroatoms. The van der Waals surface area contributed by atoms with Gasteiger partial charge in [0.2, 0.25) is 0 Å². The second-order valence-corrected chi connectivity index (χ2v) is 5.96. The number of Topliss-reactive ketones (excluding diaryl/α,β-unsaturated/α-hetero) is 1. The van der Waals surface area contributed by atoms with Crippen LogP contribution in [0.4, 0.5) is 0 Å². The van der Waals surface area contributed by atoms with Gasteiger partial charge in [-0.15, -0.1) is 11.3 Å². The third-order valence-corrected chi connectivity index (χ3v) is 5.14.